The molecule has 5 heteroatoms. The molecule has 1 fully saturated rings. The van der Waals surface area contributed by atoms with Crippen LogP contribution in [-0.4, -0.2) is 34.8 Å². The summed E-state index contributed by atoms with van der Waals surface area (Å²) in [4.78, 5) is 14.5. The van der Waals surface area contributed by atoms with Crippen molar-refractivity contribution < 1.29 is 14.3 Å². The molecular weight excluding hydrogens is 340 g/mol. The van der Waals surface area contributed by atoms with Crippen molar-refractivity contribution in [1.82, 2.24) is 4.90 Å². The second kappa shape index (κ2) is 7.99. The Balaban J connectivity index is 2.22. The molecule has 5 nitrogen and oxygen atoms in total. The van der Waals surface area contributed by atoms with Crippen LogP contribution < -0.4 is 10.5 Å². The molecule has 0 saturated carbocycles. The van der Waals surface area contributed by atoms with Crippen LogP contribution >= 0.6 is 0 Å². The van der Waals surface area contributed by atoms with Gasteiger partial charge in [-0.15, -0.1) is 0 Å². The van der Waals surface area contributed by atoms with Gasteiger partial charge in [-0.1, -0.05) is 0 Å². The minimum atomic E-state index is -0.482. The van der Waals surface area contributed by atoms with Crippen molar-refractivity contribution in [2.75, 3.05) is 5.73 Å². The highest BCUT2D eigenvalue weighted by Crippen LogP contribution is 2.40. The number of hydrogen-bond acceptors (Lipinski definition) is 4. The number of aryl methyl sites for hydroxylation is 1. The highest BCUT2D eigenvalue weighted by atomic mass is 16.6. The molecular formula is C22H36N2O3. The summed E-state index contributed by atoms with van der Waals surface area (Å²) in [5.41, 5.74) is 8.79. The van der Waals surface area contributed by atoms with E-state index in [0.717, 1.165) is 18.6 Å². The Morgan fingerprint density at radius 2 is 1.74 bits per heavy atom. The van der Waals surface area contributed by atoms with Gasteiger partial charge in [-0.3, -0.25) is 0 Å². The standard InChI is InChI=1S/C22H36N2O3/c1-13(2)26-20-12-18(14(3)9-19(20)23)17-10-15(4)24(16(5)11-17)21(25)27-22(6,7)8/h9,12-13,15-17H,10-11,23H2,1-8H3/t15-,16-/m1/s1. The molecule has 0 spiro atoms. The van der Waals surface area contributed by atoms with E-state index in [0.29, 0.717) is 11.6 Å². The van der Waals surface area contributed by atoms with Gasteiger partial charge in [0.05, 0.1) is 11.8 Å². The number of likely N-dealkylation sites (tertiary alicyclic amines) is 1. The maximum atomic E-state index is 12.6. The average Bonchev–Trinajstić information content (AvgIpc) is 2.46. The molecule has 1 aliphatic heterocycles. The van der Waals surface area contributed by atoms with Gasteiger partial charge in [-0.25, -0.2) is 4.79 Å². The first-order chi connectivity index (χ1) is 12.4. The van der Waals surface area contributed by atoms with E-state index in [2.05, 4.69) is 26.8 Å². The van der Waals surface area contributed by atoms with Crippen LogP contribution in [0, 0.1) is 6.92 Å². The summed E-state index contributed by atoms with van der Waals surface area (Å²) in [6, 6.07) is 4.32. The fraction of sp³-hybridized carbons (Fsp3) is 0.682. The maximum Gasteiger partial charge on any atom is 0.410 e. The Morgan fingerprint density at radius 3 is 2.22 bits per heavy atom. The van der Waals surface area contributed by atoms with Gasteiger partial charge in [0.2, 0.25) is 0 Å². The lowest BCUT2D eigenvalue weighted by atomic mass is 9.80. The Hall–Kier alpha value is -1.91. The van der Waals surface area contributed by atoms with Gasteiger partial charge in [-0.2, -0.15) is 0 Å². The monoisotopic (exact) mass is 376 g/mol. The highest BCUT2D eigenvalue weighted by molar-refractivity contribution is 5.69. The molecule has 0 bridgehead atoms. The summed E-state index contributed by atoms with van der Waals surface area (Å²) in [5, 5.41) is 0. The third kappa shape index (κ3) is 5.30. The van der Waals surface area contributed by atoms with Crippen LogP contribution in [0.3, 0.4) is 0 Å². The largest absolute Gasteiger partial charge is 0.489 e. The Bertz CT molecular complexity index is 667. The van der Waals surface area contributed by atoms with Gasteiger partial charge >= 0.3 is 6.09 Å². The van der Waals surface area contributed by atoms with Crippen molar-refractivity contribution in [3.8, 4) is 5.75 Å². The molecule has 1 heterocycles. The van der Waals surface area contributed by atoms with Crippen LogP contribution in [0.4, 0.5) is 10.5 Å². The molecule has 0 radical (unpaired) electrons. The number of hydrogen-bond donors (Lipinski definition) is 1. The number of rotatable bonds is 3. The van der Waals surface area contributed by atoms with Crippen molar-refractivity contribution in [3.05, 3.63) is 23.3 Å². The Kier molecular flexibility index (Phi) is 6.33. The molecule has 1 aromatic rings. The summed E-state index contributed by atoms with van der Waals surface area (Å²) >= 11 is 0. The van der Waals surface area contributed by atoms with Crippen molar-refractivity contribution in [3.63, 3.8) is 0 Å². The van der Waals surface area contributed by atoms with Gasteiger partial charge < -0.3 is 20.1 Å². The number of anilines is 1. The van der Waals surface area contributed by atoms with Gasteiger partial charge in [0.15, 0.2) is 0 Å². The fourth-order valence-corrected chi connectivity index (χ4v) is 4.03. The van der Waals surface area contributed by atoms with Gasteiger partial charge in [-0.05, 0) is 97.4 Å². The lowest BCUT2D eigenvalue weighted by Gasteiger charge is -2.43. The third-order valence-electron chi connectivity index (χ3n) is 5.01. The number of amides is 1. The third-order valence-corrected chi connectivity index (χ3v) is 5.01. The number of carbonyl (C=O) groups excluding carboxylic acids is 1. The zero-order valence-electron chi connectivity index (χ0n) is 18.1. The molecule has 27 heavy (non-hydrogen) atoms. The smallest absolute Gasteiger partial charge is 0.410 e. The zero-order chi connectivity index (χ0) is 20.5. The number of nitrogens with zero attached hydrogens (tertiary/aromatic N) is 1. The van der Waals surface area contributed by atoms with Crippen molar-refractivity contribution in [2.24, 2.45) is 0 Å². The lowest BCUT2D eigenvalue weighted by molar-refractivity contribution is -0.00258. The molecule has 1 aliphatic rings. The summed E-state index contributed by atoms with van der Waals surface area (Å²) in [6.45, 7) is 16.0. The molecule has 0 unspecified atom stereocenters. The predicted molar refractivity (Wildman–Crippen MR) is 110 cm³/mol. The first-order valence-corrected chi connectivity index (χ1v) is 9.97. The number of nitrogen functional groups attached to an aromatic ring is 1. The SMILES string of the molecule is Cc1cc(N)c(OC(C)C)cc1C1C[C@@H](C)N(C(=O)OC(C)(C)C)[C@H](C)C1. The van der Waals surface area contributed by atoms with E-state index in [9.17, 15) is 4.79 Å². The van der Waals surface area contributed by atoms with Gasteiger partial charge in [0, 0.05) is 12.1 Å². The fourth-order valence-electron chi connectivity index (χ4n) is 4.03. The molecule has 1 aromatic carbocycles. The van der Waals surface area contributed by atoms with Crippen LogP contribution in [0.15, 0.2) is 12.1 Å². The first kappa shape index (κ1) is 21.4. The Morgan fingerprint density at radius 1 is 1.19 bits per heavy atom. The number of benzene rings is 1. The summed E-state index contributed by atoms with van der Waals surface area (Å²) < 4.78 is 11.5. The minimum absolute atomic E-state index is 0.0784. The van der Waals surface area contributed by atoms with Gasteiger partial charge in [0.25, 0.3) is 0 Å². The van der Waals surface area contributed by atoms with Gasteiger partial charge in [0.1, 0.15) is 11.4 Å². The van der Waals surface area contributed by atoms with E-state index >= 15 is 0 Å². The number of carbonyl (C=O) groups is 1. The normalized spacial score (nSPS) is 23.4. The molecule has 2 atom stereocenters. The quantitative estimate of drug-likeness (QED) is 0.731. The topological polar surface area (TPSA) is 64.8 Å². The van der Waals surface area contributed by atoms with Crippen molar-refractivity contribution in [1.29, 1.82) is 0 Å². The van der Waals surface area contributed by atoms with Crippen molar-refractivity contribution >= 4 is 11.8 Å². The molecule has 1 amide bonds. The van der Waals surface area contributed by atoms with Crippen LogP contribution in [0.5, 0.6) is 5.75 Å². The van der Waals surface area contributed by atoms with E-state index in [-0.39, 0.29) is 24.3 Å². The van der Waals surface area contributed by atoms with Crippen molar-refractivity contribution in [2.45, 2.75) is 97.9 Å². The molecule has 2 N–H and O–H groups in total. The average molecular weight is 377 g/mol. The van der Waals surface area contributed by atoms with Crippen LogP contribution in [0.25, 0.3) is 0 Å². The second-order valence-electron chi connectivity index (χ2n) is 9.17. The number of piperidine rings is 1. The number of nitrogens with two attached hydrogens (primary N) is 1. The molecule has 0 aliphatic carbocycles. The summed E-state index contributed by atoms with van der Waals surface area (Å²) in [6.07, 6.45) is 1.65. The van der Waals surface area contributed by atoms with Crippen LogP contribution in [0.2, 0.25) is 0 Å². The molecule has 0 aromatic heterocycles. The molecule has 1 saturated heterocycles. The first-order valence-electron chi connectivity index (χ1n) is 9.97. The lowest BCUT2D eigenvalue weighted by Crippen LogP contribution is -2.51. The highest BCUT2D eigenvalue weighted by Gasteiger charge is 2.37. The molecule has 2 rings (SSSR count). The second-order valence-corrected chi connectivity index (χ2v) is 9.17. The zero-order valence-corrected chi connectivity index (χ0v) is 18.1. The van der Waals surface area contributed by atoms with Crippen LogP contribution in [0.1, 0.15) is 78.4 Å². The predicted octanol–water partition coefficient (Wildman–Crippen LogP) is 5.26. The van der Waals surface area contributed by atoms with Crippen LogP contribution in [-0.2, 0) is 4.74 Å². The Labute approximate surface area is 164 Å². The molecule has 152 valence electrons. The van der Waals surface area contributed by atoms with E-state index in [1.165, 1.54) is 11.1 Å². The maximum absolute atomic E-state index is 12.6. The van der Waals surface area contributed by atoms with E-state index in [1.54, 1.807) is 0 Å². The number of ether oxygens (including phenoxy) is 2. The van der Waals surface area contributed by atoms with E-state index < -0.39 is 5.60 Å². The summed E-state index contributed by atoms with van der Waals surface area (Å²) in [7, 11) is 0. The van der Waals surface area contributed by atoms with E-state index in [4.69, 9.17) is 15.2 Å². The van der Waals surface area contributed by atoms with E-state index in [1.807, 2.05) is 45.6 Å². The minimum Gasteiger partial charge on any atom is -0.489 e. The summed E-state index contributed by atoms with van der Waals surface area (Å²) in [5.74, 6) is 1.12.